The van der Waals surface area contributed by atoms with E-state index in [-0.39, 0.29) is 42.8 Å². The lowest BCUT2D eigenvalue weighted by molar-refractivity contribution is 0.259. The van der Waals surface area contributed by atoms with E-state index in [4.69, 9.17) is 4.74 Å². The summed E-state index contributed by atoms with van der Waals surface area (Å²) in [6.07, 6.45) is 3.44. The molecule has 0 amide bonds. The molecule has 0 fully saturated rings. The van der Waals surface area contributed by atoms with Crippen molar-refractivity contribution in [1.82, 2.24) is 19.9 Å². The van der Waals surface area contributed by atoms with Crippen LogP contribution in [-0.4, -0.2) is 59.5 Å². The summed E-state index contributed by atoms with van der Waals surface area (Å²) < 4.78 is 44.4. The standard InChI is InChI=1S/C19H29FN6O4S/c1-11(2)6-14(10-27)22-18-23-16(24-19(25-18)26-31(5,28)29)7-12(3)13-8-15(20)17(30-4)21-9-13/h8-9,11-12,14,27H,6-7,10H2,1-5H3,(H2,22,23,24,25,26)/t12-,14+/m0/s1. The number of hydrogen-bond acceptors (Lipinski definition) is 9. The molecule has 0 saturated carbocycles. The highest BCUT2D eigenvalue weighted by Crippen LogP contribution is 2.23. The minimum absolute atomic E-state index is 0.0950. The highest BCUT2D eigenvalue weighted by atomic mass is 32.2. The predicted molar refractivity (Wildman–Crippen MR) is 115 cm³/mol. The Bertz CT molecular complexity index is 989. The van der Waals surface area contributed by atoms with E-state index in [1.165, 1.54) is 19.4 Å². The van der Waals surface area contributed by atoms with E-state index < -0.39 is 15.8 Å². The summed E-state index contributed by atoms with van der Waals surface area (Å²) >= 11 is 0. The van der Waals surface area contributed by atoms with Crippen LogP contribution in [0.3, 0.4) is 0 Å². The number of anilines is 2. The molecule has 10 nitrogen and oxygen atoms in total. The predicted octanol–water partition coefficient (Wildman–Crippen LogP) is 1.95. The average Bonchev–Trinajstić information content (AvgIpc) is 2.65. The number of rotatable bonds is 11. The van der Waals surface area contributed by atoms with Crippen LogP contribution in [0.1, 0.15) is 44.5 Å². The van der Waals surface area contributed by atoms with E-state index >= 15 is 0 Å². The van der Waals surface area contributed by atoms with Gasteiger partial charge in [0.2, 0.25) is 27.8 Å². The maximum atomic E-state index is 14.0. The number of aliphatic hydroxyl groups excluding tert-OH is 1. The quantitative estimate of drug-likeness (QED) is 0.463. The van der Waals surface area contributed by atoms with Crippen molar-refractivity contribution in [3.8, 4) is 5.88 Å². The van der Waals surface area contributed by atoms with Gasteiger partial charge < -0.3 is 15.2 Å². The largest absolute Gasteiger partial charge is 0.479 e. The molecule has 0 bridgehead atoms. The van der Waals surface area contributed by atoms with E-state index in [2.05, 4.69) is 30.0 Å². The van der Waals surface area contributed by atoms with Gasteiger partial charge in [0.25, 0.3) is 0 Å². The first-order valence-electron chi connectivity index (χ1n) is 9.80. The first-order chi connectivity index (χ1) is 14.5. The molecule has 0 aliphatic heterocycles. The van der Waals surface area contributed by atoms with Gasteiger partial charge in [-0.2, -0.15) is 15.0 Å². The van der Waals surface area contributed by atoms with Gasteiger partial charge in [0.05, 0.1) is 26.0 Å². The summed E-state index contributed by atoms with van der Waals surface area (Å²) in [5.74, 6) is -0.278. The van der Waals surface area contributed by atoms with Gasteiger partial charge in [-0.3, -0.25) is 4.72 Å². The molecule has 2 aromatic rings. The van der Waals surface area contributed by atoms with Crippen LogP contribution < -0.4 is 14.8 Å². The molecular weight excluding hydrogens is 427 g/mol. The zero-order valence-electron chi connectivity index (χ0n) is 18.3. The zero-order chi connectivity index (χ0) is 23.2. The topological polar surface area (TPSA) is 139 Å². The molecule has 172 valence electrons. The van der Waals surface area contributed by atoms with Crippen LogP contribution in [0, 0.1) is 11.7 Å². The molecule has 3 N–H and O–H groups in total. The zero-order valence-corrected chi connectivity index (χ0v) is 19.1. The van der Waals surface area contributed by atoms with Gasteiger partial charge >= 0.3 is 0 Å². The van der Waals surface area contributed by atoms with Crippen LogP contribution in [0.4, 0.5) is 16.3 Å². The Kier molecular flexibility index (Phi) is 8.45. The number of hydrogen-bond donors (Lipinski definition) is 3. The minimum atomic E-state index is -3.61. The number of pyridine rings is 1. The highest BCUT2D eigenvalue weighted by Gasteiger charge is 2.18. The van der Waals surface area contributed by atoms with Gasteiger partial charge in [0.1, 0.15) is 5.82 Å². The lowest BCUT2D eigenvalue weighted by Gasteiger charge is -2.19. The van der Waals surface area contributed by atoms with Crippen LogP contribution in [0.25, 0.3) is 0 Å². The third-order valence-corrected chi connectivity index (χ3v) is 4.90. The van der Waals surface area contributed by atoms with Gasteiger partial charge in [-0.15, -0.1) is 0 Å². The molecule has 2 rings (SSSR count). The van der Waals surface area contributed by atoms with Crippen molar-refractivity contribution < 1.29 is 22.7 Å². The highest BCUT2D eigenvalue weighted by molar-refractivity contribution is 7.91. The number of nitrogens with one attached hydrogen (secondary N) is 2. The Morgan fingerprint density at radius 1 is 1.19 bits per heavy atom. The Hall–Kier alpha value is -2.60. The van der Waals surface area contributed by atoms with Gasteiger partial charge in [-0.1, -0.05) is 20.8 Å². The Balaban J connectivity index is 2.31. The smallest absolute Gasteiger partial charge is 0.250 e. The second-order valence-electron chi connectivity index (χ2n) is 7.79. The monoisotopic (exact) mass is 456 g/mol. The summed E-state index contributed by atoms with van der Waals surface area (Å²) in [4.78, 5) is 16.6. The molecule has 0 aromatic carbocycles. The Morgan fingerprint density at radius 2 is 1.87 bits per heavy atom. The Labute approximate surface area is 181 Å². The van der Waals surface area contributed by atoms with Gasteiger partial charge in [-0.05, 0) is 29.9 Å². The fourth-order valence-electron chi connectivity index (χ4n) is 2.97. The van der Waals surface area contributed by atoms with Crippen LogP contribution in [0.5, 0.6) is 5.88 Å². The third-order valence-electron chi connectivity index (χ3n) is 4.35. The minimum Gasteiger partial charge on any atom is -0.479 e. The van der Waals surface area contributed by atoms with Gasteiger partial charge in [0, 0.05) is 12.6 Å². The first kappa shape index (κ1) is 24.7. The molecule has 31 heavy (non-hydrogen) atoms. The van der Waals surface area contributed by atoms with Crippen molar-refractivity contribution in [3.63, 3.8) is 0 Å². The van der Waals surface area contributed by atoms with Crippen molar-refractivity contribution in [3.05, 3.63) is 29.5 Å². The fraction of sp³-hybridized carbons (Fsp3) is 0.579. The number of methoxy groups -OCH3 is 1. The third kappa shape index (κ3) is 7.87. The number of ether oxygens (including phenoxy) is 1. The van der Waals surface area contributed by atoms with Crippen molar-refractivity contribution in [1.29, 1.82) is 0 Å². The van der Waals surface area contributed by atoms with E-state index in [1.807, 2.05) is 20.8 Å². The molecule has 0 aliphatic rings. The maximum Gasteiger partial charge on any atom is 0.250 e. The number of nitrogens with zero attached hydrogens (tertiary/aromatic N) is 4. The molecule has 0 spiro atoms. The average molecular weight is 457 g/mol. The molecule has 2 aromatic heterocycles. The maximum absolute atomic E-state index is 14.0. The molecule has 0 unspecified atom stereocenters. The number of halogens is 1. The number of aromatic nitrogens is 4. The van der Waals surface area contributed by atoms with E-state index in [0.29, 0.717) is 23.7 Å². The second kappa shape index (κ2) is 10.6. The van der Waals surface area contributed by atoms with E-state index in [9.17, 15) is 17.9 Å². The molecule has 0 aliphatic carbocycles. The normalized spacial score (nSPS) is 13.7. The number of sulfonamides is 1. The molecular formula is C19H29FN6O4S. The van der Waals surface area contributed by atoms with Crippen LogP contribution in [0.15, 0.2) is 12.3 Å². The Morgan fingerprint density at radius 3 is 2.42 bits per heavy atom. The summed E-state index contributed by atoms with van der Waals surface area (Å²) in [6.45, 7) is 5.74. The van der Waals surface area contributed by atoms with Crippen LogP contribution in [0.2, 0.25) is 0 Å². The van der Waals surface area contributed by atoms with Crippen molar-refractivity contribution in [2.24, 2.45) is 5.92 Å². The molecule has 2 atom stereocenters. The SMILES string of the molecule is COc1ncc([C@@H](C)Cc2nc(N[C@@H](CO)CC(C)C)nc(NS(C)(=O)=O)n2)cc1F. The van der Waals surface area contributed by atoms with Crippen LogP contribution >= 0.6 is 0 Å². The van der Waals surface area contributed by atoms with E-state index in [0.717, 1.165) is 6.26 Å². The lowest BCUT2D eigenvalue weighted by atomic mass is 9.99. The molecule has 2 heterocycles. The molecule has 0 saturated heterocycles. The summed E-state index contributed by atoms with van der Waals surface area (Å²) in [7, 11) is -2.27. The van der Waals surface area contributed by atoms with Crippen molar-refractivity contribution in [2.45, 2.75) is 45.6 Å². The number of aliphatic hydroxyl groups is 1. The fourth-order valence-corrected chi connectivity index (χ4v) is 3.39. The van der Waals surface area contributed by atoms with E-state index in [1.54, 1.807) is 0 Å². The lowest BCUT2D eigenvalue weighted by Crippen LogP contribution is -2.27. The summed E-state index contributed by atoms with van der Waals surface area (Å²) in [5, 5.41) is 12.7. The summed E-state index contributed by atoms with van der Waals surface area (Å²) in [5.41, 5.74) is 0.610. The molecule has 0 radical (unpaired) electrons. The molecule has 12 heteroatoms. The van der Waals surface area contributed by atoms with Crippen molar-refractivity contribution in [2.75, 3.05) is 30.0 Å². The van der Waals surface area contributed by atoms with Gasteiger partial charge in [0.15, 0.2) is 5.82 Å². The second-order valence-corrected chi connectivity index (χ2v) is 9.54. The van der Waals surface area contributed by atoms with Gasteiger partial charge in [-0.25, -0.2) is 17.8 Å². The van der Waals surface area contributed by atoms with Crippen molar-refractivity contribution >= 4 is 21.9 Å². The first-order valence-corrected chi connectivity index (χ1v) is 11.7. The summed E-state index contributed by atoms with van der Waals surface area (Å²) in [6, 6.07) is 1.02. The van der Waals surface area contributed by atoms with Crippen LogP contribution in [-0.2, 0) is 16.4 Å².